The van der Waals surface area contributed by atoms with E-state index >= 15 is 0 Å². The summed E-state index contributed by atoms with van der Waals surface area (Å²) < 4.78 is 13.8. The number of hydrogen-bond donors (Lipinski definition) is 1. The summed E-state index contributed by atoms with van der Waals surface area (Å²) >= 11 is 9.30. The molecule has 0 aliphatic rings. The van der Waals surface area contributed by atoms with Gasteiger partial charge in [-0.05, 0) is 51.8 Å². The van der Waals surface area contributed by atoms with Gasteiger partial charge < -0.3 is 5.32 Å². The molecule has 0 saturated carbocycles. The molecule has 1 N–H and O–H groups in total. The topological polar surface area (TPSA) is 12.0 Å². The Bertz CT molecular complexity index is 531. The third kappa shape index (κ3) is 3.45. The molecule has 0 radical (unpaired) electrons. The fraction of sp³-hybridized carbons (Fsp3) is 0.0769. The molecule has 2 aromatic rings. The van der Waals surface area contributed by atoms with Crippen LogP contribution in [0.25, 0.3) is 0 Å². The van der Waals surface area contributed by atoms with E-state index in [2.05, 4.69) is 21.2 Å². The molecule has 0 saturated heterocycles. The van der Waals surface area contributed by atoms with Crippen molar-refractivity contribution in [1.29, 1.82) is 0 Å². The summed E-state index contributed by atoms with van der Waals surface area (Å²) in [6.07, 6.45) is 0. The lowest BCUT2D eigenvalue weighted by Crippen LogP contribution is -1.99. The van der Waals surface area contributed by atoms with E-state index in [-0.39, 0.29) is 5.82 Å². The molecular formula is C13H10BrClFN. The van der Waals surface area contributed by atoms with Crippen molar-refractivity contribution in [1.82, 2.24) is 0 Å². The predicted molar refractivity (Wildman–Crippen MR) is 72.9 cm³/mol. The summed E-state index contributed by atoms with van der Waals surface area (Å²) in [5.74, 6) is -0.224. The summed E-state index contributed by atoms with van der Waals surface area (Å²) in [7, 11) is 0. The summed E-state index contributed by atoms with van der Waals surface area (Å²) in [6.45, 7) is 0.565. The summed E-state index contributed by atoms with van der Waals surface area (Å²) in [6, 6.07) is 12.1. The molecule has 4 heteroatoms. The quantitative estimate of drug-likeness (QED) is 0.853. The van der Waals surface area contributed by atoms with Crippen molar-refractivity contribution in [2.75, 3.05) is 5.32 Å². The fourth-order valence-electron chi connectivity index (χ4n) is 1.46. The minimum atomic E-state index is -0.224. The van der Waals surface area contributed by atoms with Crippen LogP contribution in [0, 0.1) is 5.82 Å². The first-order valence-corrected chi connectivity index (χ1v) is 6.25. The van der Waals surface area contributed by atoms with Crippen LogP contribution in [-0.4, -0.2) is 0 Å². The first-order chi connectivity index (χ1) is 8.15. The number of rotatable bonds is 3. The Balaban J connectivity index is 2.05. The fourth-order valence-corrected chi connectivity index (χ4v) is 1.88. The van der Waals surface area contributed by atoms with E-state index in [9.17, 15) is 4.39 Å². The van der Waals surface area contributed by atoms with Gasteiger partial charge in [0.15, 0.2) is 0 Å². The van der Waals surface area contributed by atoms with Crippen LogP contribution in [0.4, 0.5) is 10.1 Å². The molecule has 0 atom stereocenters. The molecule has 0 unspecified atom stereocenters. The predicted octanol–water partition coefficient (Wildman–Crippen LogP) is 4.85. The number of nitrogens with one attached hydrogen (secondary N) is 1. The Labute approximate surface area is 113 Å². The van der Waals surface area contributed by atoms with Crippen molar-refractivity contribution in [3.8, 4) is 0 Å². The van der Waals surface area contributed by atoms with Crippen LogP contribution in [0.3, 0.4) is 0 Å². The van der Waals surface area contributed by atoms with Gasteiger partial charge >= 0.3 is 0 Å². The number of hydrogen-bond acceptors (Lipinski definition) is 1. The highest BCUT2D eigenvalue weighted by molar-refractivity contribution is 9.10. The molecular weight excluding hydrogens is 305 g/mol. The van der Waals surface area contributed by atoms with Gasteiger partial charge in [0, 0.05) is 16.7 Å². The zero-order valence-electron chi connectivity index (χ0n) is 8.88. The van der Waals surface area contributed by atoms with Crippen molar-refractivity contribution in [2.45, 2.75) is 6.54 Å². The van der Waals surface area contributed by atoms with Crippen molar-refractivity contribution >= 4 is 33.2 Å². The number of benzene rings is 2. The van der Waals surface area contributed by atoms with Gasteiger partial charge in [0.05, 0.1) is 5.02 Å². The first-order valence-electron chi connectivity index (χ1n) is 5.08. The summed E-state index contributed by atoms with van der Waals surface area (Å²) in [5.41, 5.74) is 1.80. The van der Waals surface area contributed by atoms with Crippen molar-refractivity contribution < 1.29 is 4.39 Å². The smallest absolute Gasteiger partial charge is 0.123 e. The molecule has 0 bridgehead atoms. The second-order valence-corrected chi connectivity index (χ2v) is 4.87. The van der Waals surface area contributed by atoms with Crippen LogP contribution in [0.2, 0.25) is 5.02 Å². The van der Waals surface area contributed by atoms with Crippen LogP contribution < -0.4 is 5.32 Å². The van der Waals surface area contributed by atoms with E-state index in [1.807, 2.05) is 24.3 Å². The van der Waals surface area contributed by atoms with Crippen molar-refractivity contribution in [3.05, 3.63) is 63.3 Å². The Kier molecular flexibility index (Phi) is 4.02. The Morgan fingerprint density at radius 3 is 2.71 bits per heavy atom. The lowest BCUT2D eigenvalue weighted by Gasteiger charge is -2.07. The molecule has 1 nitrogen and oxygen atoms in total. The van der Waals surface area contributed by atoms with E-state index in [4.69, 9.17) is 11.6 Å². The van der Waals surface area contributed by atoms with Crippen LogP contribution >= 0.6 is 27.5 Å². The molecule has 0 aliphatic heterocycles. The highest BCUT2D eigenvalue weighted by Crippen LogP contribution is 2.25. The Hall–Kier alpha value is -1.06. The molecule has 2 rings (SSSR count). The molecule has 0 aromatic heterocycles. The van der Waals surface area contributed by atoms with Crippen molar-refractivity contribution in [3.63, 3.8) is 0 Å². The zero-order valence-corrected chi connectivity index (χ0v) is 11.2. The highest BCUT2D eigenvalue weighted by Gasteiger charge is 1.99. The second kappa shape index (κ2) is 5.52. The van der Waals surface area contributed by atoms with Gasteiger partial charge in [0.25, 0.3) is 0 Å². The van der Waals surface area contributed by atoms with Gasteiger partial charge in [-0.2, -0.15) is 0 Å². The number of halogens is 3. The monoisotopic (exact) mass is 313 g/mol. The summed E-state index contributed by atoms with van der Waals surface area (Å²) in [5, 5.41) is 3.83. The van der Waals surface area contributed by atoms with Gasteiger partial charge in [-0.15, -0.1) is 0 Å². The molecule has 0 heterocycles. The minimum Gasteiger partial charge on any atom is -0.381 e. The SMILES string of the molecule is Fc1cccc(CNc2ccc(Br)c(Cl)c2)c1. The Morgan fingerprint density at radius 2 is 2.00 bits per heavy atom. The molecule has 2 aromatic carbocycles. The Morgan fingerprint density at radius 1 is 1.18 bits per heavy atom. The molecule has 0 aliphatic carbocycles. The lowest BCUT2D eigenvalue weighted by molar-refractivity contribution is 0.626. The second-order valence-electron chi connectivity index (χ2n) is 3.61. The highest BCUT2D eigenvalue weighted by atomic mass is 79.9. The zero-order chi connectivity index (χ0) is 12.3. The maximum atomic E-state index is 13.0. The van der Waals surface area contributed by atoms with Gasteiger partial charge in [-0.25, -0.2) is 4.39 Å². The normalized spacial score (nSPS) is 10.3. The summed E-state index contributed by atoms with van der Waals surface area (Å²) in [4.78, 5) is 0. The van der Waals surface area contributed by atoms with Gasteiger partial charge in [-0.1, -0.05) is 23.7 Å². The minimum absolute atomic E-state index is 0.224. The standard InChI is InChI=1S/C13H10BrClFN/c14-12-5-4-11(7-13(12)15)17-8-9-2-1-3-10(16)6-9/h1-7,17H,8H2. The van der Waals surface area contributed by atoms with Crippen LogP contribution in [0.15, 0.2) is 46.9 Å². The van der Waals surface area contributed by atoms with Crippen LogP contribution in [0.5, 0.6) is 0 Å². The maximum absolute atomic E-state index is 13.0. The van der Waals surface area contributed by atoms with Gasteiger partial charge in [0.1, 0.15) is 5.82 Å². The van der Waals surface area contributed by atoms with E-state index in [1.165, 1.54) is 12.1 Å². The van der Waals surface area contributed by atoms with Gasteiger partial charge in [-0.3, -0.25) is 0 Å². The third-order valence-corrected chi connectivity index (χ3v) is 3.54. The molecule has 0 fully saturated rings. The first kappa shape index (κ1) is 12.4. The van der Waals surface area contributed by atoms with E-state index in [0.29, 0.717) is 11.6 Å². The molecule has 17 heavy (non-hydrogen) atoms. The van der Waals surface area contributed by atoms with E-state index < -0.39 is 0 Å². The van der Waals surface area contributed by atoms with Crippen molar-refractivity contribution in [2.24, 2.45) is 0 Å². The maximum Gasteiger partial charge on any atom is 0.123 e. The van der Waals surface area contributed by atoms with E-state index in [0.717, 1.165) is 15.7 Å². The number of anilines is 1. The average Bonchev–Trinajstić information content (AvgIpc) is 2.31. The third-order valence-electron chi connectivity index (χ3n) is 2.31. The average molecular weight is 315 g/mol. The van der Waals surface area contributed by atoms with Gasteiger partial charge in [0.2, 0.25) is 0 Å². The van der Waals surface area contributed by atoms with E-state index in [1.54, 1.807) is 6.07 Å². The van der Waals surface area contributed by atoms with Crippen LogP contribution in [-0.2, 0) is 6.54 Å². The lowest BCUT2D eigenvalue weighted by atomic mass is 10.2. The van der Waals surface area contributed by atoms with Crippen LogP contribution in [0.1, 0.15) is 5.56 Å². The molecule has 0 spiro atoms. The largest absolute Gasteiger partial charge is 0.381 e. The molecule has 88 valence electrons. The molecule has 0 amide bonds.